The van der Waals surface area contributed by atoms with Gasteiger partial charge in [0.05, 0.1) is 6.26 Å². The lowest BCUT2D eigenvalue weighted by Gasteiger charge is -2.23. The topological polar surface area (TPSA) is 25.2 Å². The molecule has 2 heteroatoms. The van der Waals surface area contributed by atoms with Crippen molar-refractivity contribution >= 4 is 0 Å². The number of fused-ring (bicyclic) bond motifs is 1. The third-order valence-corrected chi connectivity index (χ3v) is 2.82. The van der Waals surface area contributed by atoms with Gasteiger partial charge in [0.2, 0.25) is 0 Å². The van der Waals surface area contributed by atoms with E-state index in [9.17, 15) is 0 Å². The zero-order valence-electron chi connectivity index (χ0n) is 9.05. The van der Waals surface area contributed by atoms with E-state index in [1.165, 1.54) is 24.2 Å². The first-order valence-electron chi connectivity index (χ1n) is 5.57. The van der Waals surface area contributed by atoms with Gasteiger partial charge in [-0.15, -0.1) is 0 Å². The lowest BCUT2D eigenvalue weighted by Crippen LogP contribution is -2.27. The van der Waals surface area contributed by atoms with Gasteiger partial charge in [-0.3, -0.25) is 0 Å². The summed E-state index contributed by atoms with van der Waals surface area (Å²) in [4.78, 5) is 0. The first-order chi connectivity index (χ1) is 6.77. The van der Waals surface area contributed by atoms with Crippen molar-refractivity contribution < 1.29 is 4.42 Å². The average molecular weight is 193 g/mol. The Bertz CT molecular complexity index is 290. The quantitative estimate of drug-likeness (QED) is 0.798. The van der Waals surface area contributed by atoms with E-state index in [-0.39, 0.29) is 0 Å². The molecule has 0 radical (unpaired) electrons. The molecule has 0 bridgehead atoms. The van der Waals surface area contributed by atoms with Crippen molar-refractivity contribution in [2.24, 2.45) is 5.92 Å². The minimum Gasteiger partial charge on any atom is -0.469 e. The van der Waals surface area contributed by atoms with Crippen molar-refractivity contribution in [3.63, 3.8) is 0 Å². The second-order valence-corrected chi connectivity index (χ2v) is 4.55. The van der Waals surface area contributed by atoms with Crippen LogP contribution in [0.2, 0.25) is 0 Å². The van der Waals surface area contributed by atoms with Crippen molar-refractivity contribution in [1.29, 1.82) is 0 Å². The summed E-state index contributed by atoms with van der Waals surface area (Å²) in [6, 6.07) is 2.65. The van der Waals surface area contributed by atoms with Crippen LogP contribution in [0.5, 0.6) is 0 Å². The molecule has 2 nitrogen and oxygen atoms in total. The third-order valence-electron chi connectivity index (χ3n) is 2.82. The summed E-state index contributed by atoms with van der Waals surface area (Å²) in [7, 11) is 0. The summed E-state index contributed by atoms with van der Waals surface area (Å²) in [6.07, 6.45) is 5.43. The fraction of sp³-hybridized carbons (Fsp3) is 0.667. The molecule has 1 heterocycles. The van der Waals surface area contributed by atoms with Gasteiger partial charge in [-0.1, -0.05) is 13.8 Å². The molecule has 0 amide bonds. The standard InChI is InChI=1S/C12H19NO/c1-9(2)8-13-11-4-3-5-12-10(11)6-7-14-12/h6-7,9,11,13H,3-5,8H2,1-2H3. The van der Waals surface area contributed by atoms with Gasteiger partial charge < -0.3 is 9.73 Å². The zero-order valence-corrected chi connectivity index (χ0v) is 9.05. The van der Waals surface area contributed by atoms with Gasteiger partial charge >= 0.3 is 0 Å². The van der Waals surface area contributed by atoms with Crippen LogP contribution in [0.4, 0.5) is 0 Å². The maximum atomic E-state index is 5.45. The van der Waals surface area contributed by atoms with Gasteiger partial charge in [-0.25, -0.2) is 0 Å². The second kappa shape index (κ2) is 4.18. The van der Waals surface area contributed by atoms with Crippen molar-refractivity contribution in [3.8, 4) is 0 Å². The molecule has 0 spiro atoms. The van der Waals surface area contributed by atoms with Crippen molar-refractivity contribution in [2.45, 2.75) is 39.2 Å². The number of furan rings is 1. The molecule has 0 aliphatic heterocycles. The summed E-state index contributed by atoms with van der Waals surface area (Å²) < 4.78 is 5.45. The minimum absolute atomic E-state index is 0.528. The van der Waals surface area contributed by atoms with Crippen LogP contribution < -0.4 is 5.32 Å². The van der Waals surface area contributed by atoms with E-state index in [2.05, 4.69) is 25.2 Å². The molecule has 1 unspecified atom stereocenters. The molecule has 1 aliphatic rings. The van der Waals surface area contributed by atoms with Crippen molar-refractivity contribution in [3.05, 3.63) is 23.7 Å². The summed E-state index contributed by atoms with van der Waals surface area (Å²) in [5.74, 6) is 1.91. The maximum absolute atomic E-state index is 5.45. The van der Waals surface area contributed by atoms with Crippen LogP contribution in [0.1, 0.15) is 44.1 Å². The van der Waals surface area contributed by atoms with Gasteiger partial charge in [-0.05, 0) is 31.4 Å². The highest BCUT2D eigenvalue weighted by molar-refractivity contribution is 5.23. The second-order valence-electron chi connectivity index (χ2n) is 4.55. The summed E-state index contributed by atoms with van der Waals surface area (Å²) in [5, 5.41) is 3.60. The summed E-state index contributed by atoms with van der Waals surface area (Å²) in [6.45, 7) is 5.58. The predicted molar refractivity (Wildman–Crippen MR) is 57.2 cm³/mol. The Balaban J connectivity index is 2.01. The average Bonchev–Trinajstić information content (AvgIpc) is 2.62. The van der Waals surface area contributed by atoms with Crippen LogP contribution in [-0.4, -0.2) is 6.54 Å². The Morgan fingerprint density at radius 3 is 3.21 bits per heavy atom. The highest BCUT2D eigenvalue weighted by Gasteiger charge is 2.21. The van der Waals surface area contributed by atoms with E-state index in [1.54, 1.807) is 0 Å². The lowest BCUT2D eigenvalue weighted by molar-refractivity contribution is 0.395. The molecule has 78 valence electrons. The molecule has 1 aliphatic carbocycles. The molecule has 14 heavy (non-hydrogen) atoms. The number of aryl methyl sites for hydroxylation is 1. The normalized spacial score (nSPS) is 21.2. The molecule has 1 aromatic heterocycles. The molecule has 1 aromatic rings. The number of rotatable bonds is 3. The monoisotopic (exact) mass is 193 g/mol. The summed E-state index contributed by atoms with van der Waals surface area (Å²) >= 11 is 0. The van der Waals surface area contributed by atoms with Crippen LogP contribution in [0.25, 0.3) is 0 Å². The summed E-state index contributed by atoms with van der Waals surface area (Å²) in [5.41, 5.74) is 1.39. The van der Waals surface area contributed by atoms with Gasteiger partial charge in [0.25, 0.3) is 0 Å². The molecule has 0 fully saturated rings. The van der Waals surface area contributed by atoms with E-state index < -0.39 is 0 Å². The Morgan fingerprint density at radius 2 is 2.43 bits per heavy atom. The van der Waals surface area contributed by atoms with Gasteiger partial charge in [-0.2, -0.15) is 0 Å². The minimum atomic E-state index is 0.528. The predicted octanol–water partition coefficient (Wildman–Crippen LogP) is 2.90. The molecule has 0 saturated carbocycles. The Kier molecular flexibility index (Phi) is 2.92. The van der Waals surface area contributed by atoms with Crippen molar-refractivity contribution in [2.75, 3.05) is 6.54 Å². The molecule has 0 saturated heterocycles. The molecule has 1 N–H and O–H groups in total. The molecule has 1 atom stereocenters. The zero-order chi connectivity index (χ0) is 9.97. The third kappa shape index (κ3) is 2.01. The van der Waals surface area contributed by atoms with Crippen LogP contribution in [-0.2, 0) is 6.42 Å². The first kappa shape index (κ1) is 9.78. The van der Waals surface area contributed by atoms with Gasteiger partial charge in [0.15, 0.2) is 0 Å². The Morgan fingerprint density at radius 1 is 1.57 bits per heavy atom. The number of hydrogen-bond acceptors (Lipinski definition) is 2. The van der Waals surface area contributed by atoms with E-state index >= 15 is 0 Å². The van der Waals surface area contributed by atoms with Crippen LogP contribution >= 0.6 is 0 Å². The highest BCUT2D eigenvalue weighted by atomic mass is 16.3. The fourth-order valence-electron chi connectivity index (χ4n) is 2.08. The van der Waals surface area contributed by atoms with Crippen LogP contribution in [0.3, 0.4) is 0 Å². The maximum Gasteiger partial charge on any atom is 0.108 e. The number of hydrogen-bond donors (Lipinski definition) is 1. The van der Waals surface area contributed by atoms with E-state index in [0.717, 1.165) is 13.0 Å². The van der Waals surface area contributed by atoms with Crippen LogP contribution in [0, 0.1) is 5.92 Å². The largest absolute Gasteiger partial charge is 0.469 e. The smallest absolute Gasteiger partial charge is 0.108 e. The SMILES string of the molecule is CC(C)CNC1CCCc2occc21. The van der Waals surface area contributed by atoms with E-state index in [4.69, 9.17) is 4.42 Å². The first-order valence-corrected chi connectivity index (χ1v) is 5.57. The van der Waals surface area contributed by atoms with E-state index in [1.807, 2.05) is 6.26 Å². The van der Waals surface area contributed by atoms with Gasteiger partial charge in [0, 0.05) is 18.0 Å². The fourth-order valence-corrected chi connectivity index (χ4v) is 2.08. The Hall–Kier alpha value is -0.760. The molecule has 0 aromatic carbocycles. The van der Waals surface area contributed by atoms with Gasteiger partial charge in [0.1, 0.15) is 5.76 Å². The molecule has 2 rings (SSSR count). The number of nitrogens with one attached hydrogen (secondary N) is 1. The lowest BCUT2D eigenvalue weighted by atomic mass is 9.93. The molecular weight excluding hydrogens is 174 g/mol. The Labute approximate surface area is 85.7 Å². The van der Waals surface area contributed by atoms with E-state index in [0.29, 0.717) is 12.0 Å². The van der Waals surface area contributed by atoms with Crippen LogP contribution in [0.15, 0.2) is 16.7 Å². The van der Waals surface area contributed by atoms with Crippen molar-refractivity contribution in [1.82, 2.24) is 5.32 Å². The highest BCUT2D eigenvalue weighted by Crippen LogP contribution is 2.30. The molecular formula is C12H19NO.